The van der Waals surface area contributed by atoms with Crippen LogP contribution in [0.25, 0.3) is 0 Å². The summed E-state index contributed by atoms with van der Waals surface area (Å²) in [6.45, 7) is 3.73. The Bertz CT molecular complexity index is 347. The minimum atomic E-state index is -0.513. The second-order valence-corrected chi connectivity index (χ2v) is 3.52. The molecule has 1 heterocycles. The van der Waals surface area contributed by atoms with Gasteiger partial charge in [-0.3, -0.25) is 0 Å². The zero-order chi connectivity index (χ0) is 10.0. The van der Waals surface area contributed by atoms with Crippen LogP contribution < -0.4 is 4.74 Å². The van der Waals surface area contributed by atoms with Crippen LogP contribution >= 0.6 is 0 Å². The molecule has 0 unspecified atom stereocenters. The second-order valence-electron chi connectivity index (χ2n) is 3.52. The number of pyridine rings is 1. The van der Waals surface area contributed by atoms with Gasteiger partial charge in [0.2, 0.25) is 11.8 Å². The third kappa shape index (κ3) is 1.62. The van der Waals surface area contributed by atoms with E-state index < -0.39 is 5.95 Å². The molecule has 1 aromatic heterocycles. The Morgan fingerprint density at radius 1 is 1.50 bits per heavy atom. The average molecular weight is 193 g/mol. The van der Waals surface area contributed by atoms with E-state index in [9.17, 15) is 4.39 Å². The molecule has 0 radical (unpaired) electrons. The number of nitrogens with zero attached hydrogens (tertiary/aromatic N) is 1. The monoisotopic (exact) mass is 193 g/mol. The van der Waals surface area contributed by atoms with Crippen molar-refractivity contribution in [3.05, 3.63) is 36.8 Å². The van der Waals surface area contributed by atoms with Gasteiger partial charge in [-0.15, -0.1) is 0 Å². The molecule has 0 N–H and O–H groups in total. The summed E-state index contributed by atoms with van der Waals surface area (Å²) in [5, 5.41) is 0. The molecule has 0 saturated heterocycles. The highest BCUT2D eigenvalue weighted by Gasteiger charge is 2.36. The minimum Gasteiger partial charge on any atom is -0.467 e. The normalized spacial score (nSPS) is 18.4. The fraction of sp³-hybridized carbons (Fsp3) is 0.364. The SMILES string of the molecule is C=CC1(Oc2cccc(F)n2)CCC1. The van der Waals surface area contributed by atoms with Gasteiger partial charge in [0.15, 0.2) is 0 Å². The fourth-order valence-electron chi connectivity index (χ4n) is 1.53. The average Bonchev–Trinajstić information content (AvgIpc) is 2.11. The number of ether oxygens (including phenoxy) is 1. The number of aromatic nitrogens is 1. The van der Waals surface area contributed by atoms with E-state index in [4.69, 9.17) is 4.74 Å². The lowest BCUT2D eigenvalue weighted by molar-refractivity contribution is 0.0354. The molecule has 1 fully saturated rings. The second kappa shape index (κ2) is 3.40. The Balaban J connectivity index is 2.13. The van der Waals surface area contributed by atoms with Crippen LogP contribution in [0.5, 0.6) is 5.88 Å². The zero-order valence-electron chi connectivity index (χ0n) is 7.87. The van der Waals surface area contributed by atoms with Crippen molar-refractivity contribution < 1.29 is 9.13 Å². The maximum Gasteiger partial charge on any atom is 0.216 e. The van der Waals surface area contributed by atoms with Gasteiger partial charge in [-0.25, -0.2) is 0 Å². The molecule has 1 aromatic rings. The molecule has 0 bridgehead atoms. The predicted molar refractivity (Wildman–Crippen MR) is 51.6 cm³/mol. The first-order valence-electron chi connectivity index (χ1n) is 4.69. The molecular formula is C11H12FNO. The summed E-state index contributed by atoms with van der Waals surface area (Å²) in [5.41, 5.74) is -0.305. The lowest BCUT2D eigenvalue weighted by atomic mass is 9.80. The summed E-state index contributed by atoms with van der Waals surface area (Å²) in [4.78, 5) is 3.65. The molecule has 1 aliphatic carbocycles. The van der Waals surface area contributed by atoms with E-state index >= 15 is 0 Å². The predicted octanol–water partition coefficient (Wildman–Crippen LogP) is 2.71. The highest BCUT2D eigenvalue weighted by Crippen LogP contribution is 2.36. The molecule has 1 aliphatic rings. The first-order valence-corrected chi connectivity index (χ1v) is 4.69. The highest BCUT2D eigenvalue weighted by molar-refractivity contribution is 5.16. The first-order chi connectivity index (χ1) is 6.74. The first kappa shape index (κ1) is 9.19. The van der Waals surface area contributed by atoms with Gasteiger partial charge in [0.1, 0.15) is 5.60 Å². The third-order valence-corrected chi connectivity index (χ3v) is 2.57. The van der Waals surface area contributed by atoms with E-state index in [-0.39, 0.29) is 5.60 Å². The van der Waals surface area contributed by atoms with Crippen molar-refractivity contribution in [3.63, 3.8) is 0 Å². The van der Waals surface area contributed by atoms with Crippen LogP contribution in [0.1, 0.15) is 19.3 Å². The standard InChI is InChI=1S/C11H12FNO/c1-2-11(7-4-8-11)14-10-6-3-5-9(12)13-10/h2-3,5-6H,1,4,7-8H2. The van der Waals surface area contributed by atoms with E-state index in [1.165, 1.54) is 6.07 Å². The summed E-state index contributed by atoms with van der Waals surface area (Å²) in [5.74, 6) is -0.175. The van der Waals surface area contributed by atoms with Gasteiger partial charge in [0.05, 0.1) is 0 Å². The molecular weight excluding hydrogens is 181 g/mol. The molecule has 14 heavy (non-hydrogen) atoms. The van der Waals surface area contributed by atoms with E-state index in [1.807, 2.05) is 0 Å². The molecule has 0 amide bonds. The summed E-state index contributed by atoms with van der Waals surface area (Å²) in [6.07, 6.45) is 4.79. The largest absolute Gasteiger partial charge is 0.467 e. The minimum absolute atomic E-state index is 0.305. The summed E-state index contributed by atoms with van der Waals surface area (Å²) in [7, 11) is 0. The van der Waals surface area contributed by atoms with Crippen LogP contribution in [0, 0.1) is 5.95 Å². The van der Waals surface area contributed by atoms with Gasteiger partial charge in [-0.2, -0.15) is 9.37 Å². The van der Waals surface area contributed by atoms with Gasteiger partial charge in [-0.1, -0.05) is 12.6 Å². The molecule has 3 heteroatoms. The van der Waals surface area contributed by atoms with Crippen LogP contribution in [-0.2, 0) is 0 Å². The number of halogens is 1. The molecule has 1 saturated carbocycles. The van der Waals surface area contributed by atoms with E-state index in [0.29, 0.717) is 5.88 Å². The Hall–Kier alpha value is -1.38. The topological polar surface area (TPSA) is 22.1 Å². The van der Waals surface area contributed by atoms with Crippen molar-refractivity contribution in [1.82, 2.24) is 4.98 Å². The van der Waals surface area contributed by atoms with Crippen molar-refractivity contribution in [1.29, 1.82) is 0 Å². The smallest absolute Gasteiger partial charge is 0.216 e. The summed E-state index contributed by atoms with van der Waals surface area (Å²) in [6, 6.07) is 4.55. The van der Waals surface area contributed by atoms with Crippen molar-refractivity contribution >= 4 is 0 Å². The fourth-order valence-corrected chi connectivity index (χ4v) is 1.53. The number of rotatable bonds is 3. The van der Waals surface area contributed by atoms with Crippen molar-refractivity contribution in [2.45, 2.75) is 24.9 Å². The summed E-state index contributed by atoms with van der Waals surface area (Å²) < 4.78 is 18.4. The van der Waals surface area contributed by atoms with Crippen molar-refractivity contribution in [3.8, 4) is 5.88 Å². The highest BCUT2D eigenvalue weighted by atomic mass is 19.1. The molecule has 2 nitrogen and oxygen atoms in total. The van der Waals surface area contributed by atoms with E-state index in [1.54, 1.807) is 18.2 Å². The maximum absolute atomic E-state index is 12.8. The van der Waals surface area contributed by atoms with Gasteiger partial charge < -0.3 is 4.74 Å². The molecule has 0 aromatic carbocycles. The molecule has 2 rings (SSSR count). The van der Waals surface area contributed by atoms with Crippen LogP contribution in [0.4, 0.5) is 4.39 Å². The van der Waals surface area contributed by atoms with E-state index in [2.05, 4.69) is 11.6 Å². The Kier molecular flexibility index (Phi) is 2.23. The van der Waals surface area contributed by atoms with Gasteiger partial charge in [-0.05, 0) is 31.4 Å². The van der Waals surface area contributed by atoms with Crippen LogP contribution in [0.2, 0.25) is 0 Å². The quantitative estimate of drug-likeness (QED) is 0.544. The number of hydrogen-bond donors (Lipinski definition) is 0. The van der Waals surface area contributed by atoms with Crippen LogP contribution in [0.15, 0.2) is 30.9 Å². The van der Waals surface area contributed by atoms with Gasteiger partial charge in [0, 0.05) is 6.07 Å². The van der Waals surface area contributed by atoms with Crippen molar-refractivity contribution in [2.24, 2.45) is 0 Å². The Morgan fingerprint density at radius 2 is 2.29 bits per heavy atom. The van der Waals surface area contributed by atoms with Gasteiger partial charge >= 0.3 is 0 Å². The van der Waals surface area contributed by atoms with Crippen molar-refractivity contribution in [2.75, 3.05) is 0 Å². The zero-order valence-corrected chi connectivity index (χ0v) is 7.87. The molecule has 0 aliphatic heterocycles. The number of hydrogen-bond acceptors (Lipinski definition) is 2. The van der Waals surface area contributed by atoms with E-state index in [0.717, 1.165) is 19.3 Å². The Labute approximate surface area is 82.4 Å². The molecule has 0 spiro atoms. The van der Waals surface area contributed by atoms with Crippen LogP contribution in [-0.4, -0.2) is 10.6 Å². The lowest BCUT2D eigenvalue weighted by Crippen LogP contribution is -2.41. The lowest BCUT2D eigenvalue weighted by Gasteiger charge is -2.38. The third-order valence-electron chi connectivity index (χ3n) is 2.57. The maximum atomic E-state index is 12.8. The Morgan fingerprint density at radius 3 is 2.79 bits per heavy atom. The van der Waals surface area contributed by atoms with Gasteiger partial charge in [0.25, 0.3) is 0 Å². The molecule has 0 atom stereocenters. The van der Waals surface area contributed by atoms with Crippen LogP contribution in [0.3, 0.4) is 0 Å². The summed E-state index contributed by atoms with van der Waals surface area (Å²) >= 11 is 0. The molecule has 74 valence electrons.